The van der Waals surface area contributed by atoms with E-state index in [0.717, 1.165) is 16.1 Å². The lowest BCUT2D eigenvalue weighted by Gasteiger charge is -2.01. The lowest BCUT2D eigenvalue weighted by Crippen LogP contribution is -1.97. The van der Waals surface area contributed by atoms with Gasteiger partial charge in [0.05, 0.1) is 6.54 Å². The number of hydrogen-bond donors (Lipinski definition) is 1. The lowest BCUT2D eigenvalue weighted by molar-refractivity contribution is 0.384. The first-order valence-corrected chi connectivity index (χ1v) is 5.04. The molecule has 0 fully saturated rings. The zero-order valence-corrected chi connectivity index (χ0v) is 8.99. The molecule has 0 spiro atoms. The molecule has 1 heterocycles. The molecule has 72 valence electrons. The molecule has 0 aliphatic heterocycles. The van der Waals surface area contributed by atoms with Gasteiger partial charge in [-0.25, -0.2) is 0 Å². The number of nitrogens with zero attached hydrogens (tertiary/aromatic N) is 1. The van der Waals surface area contributed by atoms with Crippen molar-refractivity contribution in [3.63, 3.8) is 0 Å². The Kier molecular flexibility index (Phi) is 2.84. The summed E-state index contributed by atoms with van der Waals surface area (Å²) >= 11 is 3.23. The van der Waals surface area contributed by atoms with Gasteiger partial charge < -0.3 is 9.84 Å². The summed E-state index contributed by atoms with van der Waals surface area (Å²) in [5.41, 5.74) is 1.07. The molecule has 0 aliphatic rings. The maximum Gasteiger partial charge on any atom is 0.156 e. The van der Waals surface area contributed by atoms with Crippen molar-refractivity contribution >= 4 is 21.6 Å². The first-order chi connectivity index (χ1) is 6.84. The van der Waals surface area contributed by atoms with Gasteiger partial charge in [-0.1, -0.05) is 23.4 Å². The van der Waals surface area contributed by atoms with E-state index in [4.69, 9.17) is 4.52 Å². The number of halogens is 1. The number of para-hydroxylation sites is 1. The van der Waals surface area contributed by atoms with E-state index in [2.05, 4.69) is 26.4 Å². The lowest BCUT2D eigenvalue weighted by atomic mass is 10.3. The van der Waals surface area contributed by atoms with Crippen molar-refractivity contribution in [1.29, 1.82) is 0 Å². The molecule has 0 saturated carbocycles. The van der Waals surface area contributed by atoms with Gasteiger partial charge in [-0.15, -0.1) is 0 Å². The van der Waals surface area contributed by atoms with Gasteiger partial charge in [0, 0.05) is 11.8 Å². The minimum Gasteiger partial charge on any atom is -0.378 e. The minimum absolute atomic E-state index is 0.641. The van der Waals surface area contributed by atoms with Crippen LogP contribution in [0.4, 0.5) is 5.69 Å². The molecule has 2 rings (SSSR count). The van der Waals surface area contributed by atoms with E-state index < -0.39 is 0 Å². The average molecular weight is 253 g/mol. The number of anilines is 1. The molecule has 0 radical (unpaired) electrons. The highest BCUT2D eigenvalue weighted by atomic mass is 79.9. The van der Waals surface area contributed by atoms with E-state index in [1.165, 1.54) is 0 Å². The van der Waals surface area contributed by atoms with Crippen molar-refractivity contribution in [2.45, 2.75) is 6.54 Å². The Bertz CT molecular complexity index is 400. The maximum atomic E-state index is 5.03. The van der Waals surface area contributed by atoms with Crippen molar-refractivity contribution in [2.75, 3.05) is 5.32 Å². The van der Waals surface area contributed by atoms with Crippen LogP contribution in [0.15, 0.2) is 45.5 Å². The molecule has 0 saturated heterocycles. The van der Waals surface area contributed by atoms with Crippen LogP contribution >= 0.6 is 15.9 Å². The third kappa shape index (κ3) is 2.35. The number of nitrogens with one attached hydrogen (secondary N) is 1. The Morgan fingerprint density at radius 3 is 2.71 bits per heavy atom. The van der Waals surface area contributed by atoms with Crippen molar-refractivity contribution in [2.24, 2.45) is 0 Å². The molecule has 14 heavy (non-hydrogen) atoms. The number of aromatic nitrogens is 1. The summed E-state index contributed by atoms with van der Waals surface area (Å²) < 4.78 is 5.75. The molecule has 1 N–H and O–H groups in total. The highest BCUT2D eigenvalue weighted by Gasteiger charge is 2.00. The first kappa shape index (κ1) is 9.27. The predicted molar refractivity (Wildman–Crippen MR) is 58.0 cm³/mol. The third-order valence-corrected chi connectivity index (χ3v) is 2.14. The average Bonchev–Trinajstić information content (AvgIpc) is 2.63. The fourth-order valence-electron chi connectivity index (χ4n) is 1.12. The van der Waals surface area contributed by atoms with Crippen LogP contribution in [0.3, 0.4) is 0 Å². The van der Waals surface area contributed by atoms with Gasteiger partial charge in [0.25, 0.3) is 0 Å². The topological polar surface area (TPSA) is 38.1 Å². The van der Waals surface area contributed by atoms with E-state index in [1.807, 2.05) is 36.4 Å². The van der Waals surface area contributed by atoms with Gasteiger partial charge in [-0.05, 0) is 28.1 Å². The Labute approximate surface area is 90.2 Å². The molecule has 3 nitrogen and oxygen atoms in total. The molecule has 1 aromatic heterocycles. The van der Waals surface area contributed by atoms with Crippen molar-refractivity contribution in [3.05, 3.63) is 46.8 Å². The van der Waals surface area contributed by atoms with Crippen molar-refractivity contribution in [3.8, 4) is 0 Å². The summed E-state index contributed by atoms with van der Waals surface area (Å²) in [5, 5.41) is 6.95. The van der Waals surface area contributed by atoms with E-state index in [0.29, 0.717) is 6.54 Å². The van der Waals surface area contributed by atoms with Crippen LogP contribution in [0, 0.1) is 0 Å². The molecule has 0 aliphatic carbocycles. The largest absolute Gasteiger partial charge is 0.378 e. The van der Waals surface area contributed by atoms with Gasteiger partial charge in [-0.3, -0.25) is 0 Å². The summed E-state index contributed by atoms with van der Waals surface area (Å²) in [4.78, 5) is 0. The van der Waals surface area contributed by atoms with E-state index >= 15 is 0 Å². The van der Waals surface area contributed by atoms with Crippen LogP contribution < -0.4 is 5.32 Å². The van der Waals surface area contributed by atoms with Crippen LogP contribution in [-0.2, 0) is 6.54 Å². The van der Waals surface area contributed by atoms with Gasteiger partial charge in [0.1, 0.15) is 4.60 Å². The summed E-state index contributed by atoms with van der Waals surface area (Å²) in [6, 6.07) is 11.8. The summed E-state index contributed by atoms with van der Waals surface area (Å²) in [6.45, 7) is 0.641. The molecule has 0 unspecified atom stereocenters. The monoisotopic (exact) mass is 252 g/mol. The Morgan fingerprint density at radius 2 is 2.07 bits per heavy atom. The van der Waals surface area contributed by atoms with Crippen molar-refractivity contribution in [1.82, 2.24) is 5.16 Å². The van der Waals surface area contributed by atoms with Gasteiger partial charge in [0.2, 0.25) is 0 Å². The molecule has 0 bridgehead atoms. The molecule has 1 aromatic carbocycles. The molecule has 0 atom stereocenters. The number of rotatable bonds is 3. The van der Waals surface area contributed by atoms with Crippen LogP contribution in [-0.4, -0.2) is 5.16 Å². The van der Waals surface area contributed by atoms with E-state index in [-0.39, 0.29) is 0 Å². The number of hydrogen-bond acceptors (Lipinski definition) is 3. The van der Waals surface area contributed by atoms with Gasteiger partial charge >= 0.3 is 0 Å². The third-order valence-electron chi connectivity index (χ3n) is 1.77. The molecule has 0 amide bonds. The summed E-state index contributed by atoms with van der Waals surface area (Å²) in [7, 11) is 0. The van der Waals surface area contributed by atoms with Gasteiger partial charge in [0.15, 0.2) is 5.76 Å². The predicted octanol–water partition coefficient (Wildman–Crippen LogP) is 3.05. The standard InChI is InChI=1S/C10H9BrN2O/c11-10-6-9(14-13-10)7-12-8-4-2-1-3-5-8/h1-6,12H,7H2. The quantitative estimate of drug-likeness (QED) is 0.913. The zero-order valence-electron chi connectivity index (χ0n) is 7.40. The summed E-state index contributed by atoms with van der Waals surface area (Å²) in [6.07, 6.45) is 0. The first-order valence-electron chi connectivity index (χ1n) is 4.24. The van der Waals surface area contributed by atoms with Crippen molar-refractivity contribution < 1.29 is 4.52 Å². The minimum atomic E-state index is 0.641. The normalized spacial score (nSPS) is 10.1. The Hall–Kier alpha value is -1.29. The maximum absolute atomic E-state index is 5.03. The highest BCUT2D eigenvalue weighted by molar-refractivity contribution is 9.10. The molecular formula is C10H9BrN2O. The summed E-state index contributed by atoms with van der Waals surface area (Å²) in [5.74, 6) is 0.806. The fourth-order valence-corrected chi connectivity index (χ4v) is 1.44. The van der Waals surface area contributed by atoms with E-state index in [9.17, 15) is 0 Å². The highest BCUT2D eigenvalue weighted by Crippen LogP contribution is 2.12. The van der Waals surface area contributed by atoms with E-state index in [1.54, 1.807) is 0 Å². The second-order valence-electron chi connectivity index (χ2n) is 2.84. The SMILES string of the molecule is Brc1cc(CNc2ccccc2)on1. The zero-order chi connectivity index (χ0) is 9.80. The van der Waals surface area contributed by atoms with Crippen LogP contribution in [0.1, 0.15) is 5.76 Å². The number of benzene rings is 1. The fraction of sp³-hybridized carbons (Fsp3) is 0.100. The van der Waals surface area contributed by atoms with Crippen LogP contribution in [0.25, 0.3) is 0 Å². The molecule has 4 heteroatoms. The molecular weight excluding hydrogens is 244 g/mol. The van der Waals surface area contributed by atoms with Crippen LogP contribution in [0.5, 0.6) is 0 Å². The smallest absolute Gasteiger partial charge is 0.156 e. The molecule has 2 aromatic rings. The second-order valence-corrected chi connectivity index (χ2v) is 3.65. The Morgan fingerprint density at radius 1 is 1.29 bits per heavy atom. The van der Waals surface area contributed by atoms with Gasteiger partial charge in [-0.2, -0.15) is 0 Å². The Balaban J connectivity index is 1.95. The second kappa shape index (κ2) is 4.28. The van der Waals surface area contributed by atoms with Crippen LogP contribution in [0.2, 0.25) is 0 Å².